The molecule has 0 unspecified atom stereocenters. The fourth-order valence-corrected chi connectivity index (χ4v) is 8.17. The van der Waals surface area contributed by atoms with Crippen molar-refractivity contribution in [1.29, 1.82) is 0 Å². The second kappa shape index (κ2) is 18.2. The Kier molecular flexibility index (Phi) is 14.5. The van der Waals surface area contributed by atoms with Gasteiger partial charge in [0.2, 0.25) is 17.4 Å². The molecule has 0 atom stereocenters. The van der Waals surface area contributed by atoms with E-state index in [1.54, 1.807) is 49.1 Å². The number of hydroxylamine groups is 2. The maximum absolute atomic E-state index is 14.3. The molecule has 0 aliphatic carbocycles. The molecule has 0 spiro atoms. The summed E-state index contributed by atoms with van der Waals surface area (Å²) in [5.74, 6) is -15.0. The summed E-state index contributed by atoms with van der Waals surface area (Å²) in [7, 11) is -13.5. The number of benzene rings is 2. The number of hydrogen-bond acceptors (Lipinski definition) is 12. The number of anilines is 1. The molecule has 16 nitrogen and oxygen atoms in total. The number of allylic oxidation sites excluding steroid dienone is 8. The van der Waals surface area contributed by atoms with Crippen molar-refractivity contribution in [2.75, 3.05) is 30.9 Å². The van der Waals surface area contributed by atoms with Crippen molar-refractivity contribution in [2.45, 2.75) is 56.2 Å². The van der Waals surface area contributed by atoms with Gasteiger partial charge in [-0.1, -0.05) is 58.6 Å². The predicted molar refractivity (Wildman–Crippen MR) is 217 cm³/mol. The number of ether oxygens (including phenoxy) is 1. The van der Waals surface area contributed by atoms with Crippen LogP contribution in [-0.4, -0.2) is 87.5 Å². The number of halogens is 4. The zero-order chi connectivity index (χ0) is 46.9. The molecule has 0 aromatic heterocycles. The van der Waals surface area contributed by atoms with Crippen LogP contribution in [0.25, 0.3) is 0 Å². The van der Waals surface area contributed by atoms with E-state index in [1.807, 2.05) is 13.8 Å². The second-order valence-corrected chi connectivity index (χ2v) is 19.0. The lowest BCUT2D eigenvalue weighted by Crippen LogP contribution is -2.32. The van der Waals surface area contributed by atoms with E-state index < -0.39 is 99.3 Å². The van der Waals surface area contributed by atoms with Crippen LogP contribution < -0.4 is 9.64 Å². The predicted octanol–water partition coefficient (Wildman–Crippen LogP) is 5.97. The van der Waals surface area contributed by atoms with Crippen LogP contribution in [0.15, 0.2) is 105 Å². The summed E-state index contributed by atoms with van der Waals surface area (Å²) in [6.45, 7) is 11.7. The van der Waals surface area contributed by atoms with Gasteiger partial charge < -0.3 is 9.64 Å². The molecule has 4 rings (SSSR count). The molecule has 2 aromatic rings. The van der Waals surface area contributed by atoms with Crippen LogP contribution in [0.4, 0.5) is 23.2 Å². The minimum Gasteiger partial charge on any atom is -0.418 e. The number of rotatable bonds is 15. The SMILES string of the molecule is C=C1N=C(/C=C/C=C/C=C2/N(CCCS(=O)(=O)O)c3ccc(S(=O)(=O)O)cc3C2(C)C)C(C)(C)/C1=C/C(=C\C)C(=O)N(C)OCC(=O)Oc1c(F)c(F)c(S(=O)(=O)O)c(F)c1F. The van der Waals surface area contributed by atoms with E-state index in [4.69, 9.17) is 9.39 Å². The first kappa shape index (κ1) is 49.4. The number of amides is 1. The molecule has 336 valence electrons. The molecule has 2 heterocycles. The highest BCUT2D eigenvalue weighted by Crippen LogP contribution is 2.48. The Morgan fingerprint density at radius 1 is 0.903 bits per heavy atom. The van der Waals surface area contributed by atoms with Crippen molar-refractivity contribution < 1.29 is 75.6 Å². The quantitative estimate of drug-likeness (QED) is 0.0273. The first-order valence-electron chi connectivity index (χ1n) is 18.0. The Bertz CT molecular complexity index is 2730. The number of likely N-dealkylation sites (N-methyl/N-ethyl adjacent to an activating group) is 1. The first-order chi connectivity index (χ1) is 28.4. The molecule has 3 N–H and O–H groups in total. The van der Waals surface area contributed by atoms with Crippen LogP contribution in [0.5, 0.6) is 5.75 Å². The van der Waals surface area contributed by atoms with Gasteiger partial charge in [0.1, 0.15) is 0 Å². The van der Waals surface area contributed by atoms with Gasteiger partial charge in [0, 0.05) is 41.4 Å². The highest BCUT2D eigenvalue weighted by Gasteiger charge is 2.41. The summed E-state index contributed by atoms with van der Waals surface area (Å²) in [6.07, 6.45) is 11.4. The average Bonchev–Trinajstić information content (AvgIpc) is 3.50. The normalized spacial score (nSPS) is 18.0. The molecule has 0 radical (unpaired) electrons. The van der Waals surface area contributed by atoms with Crippen molar-refractivity contribution in [3.8, 4) is 5.75 Å². The molecule has 0 saturated carbocycles. The summed E-state index contributed by atoms with van der Waals surface area (Å²) in [5, 5.41) is 0.557. The molecule has 0 fully saturated rings. The van der Waals surface area contributed by atoms with Gasteiger partial charge in [-0.25, -0.2) is 18.6 Å². The minimum absolute atomic E-state index is 0.00380. The molecule has 23 heteroatoms. The van der Waals surface area contributed by atoms with E-state index in [0.29, 0.717) is 39.0 Å². The molecule has 0 bridgehead atoms. The standard InChI is InChI=1S/C39H41F4N3O13S3/c1-8-23(37(48)45(7)58-21-30(47)59-35-31(40)33(42)36(62(55,56)57)34(43)32(35)41)19-25-22(2)44-28(38(25,3)4)13-10-9-11-14-29-39(5,6)26-20-24(61(52,53)54)15-16-27(26)46(29)17-12-18-60(49,50)51/h8-11,13-16,19-20H,2,12,17-18,21H2,1,3-7H3,(H,49,50,51)(H,52,53,54)(H,55,56,57)/b11-9+,13-10+,23-8+,25-19+,29-14+. The fraction of sp³-hybridized carbons (Fsp3) is 0.308. The van der Waals surface area contributed by atoms with Crippen LogP contribution in [0.2, 0.25) is 0 Å². The maximum atomic E-state index is 14.3. The van der Waals surface area contributed by atoms with Gasteiger partial charge >= 0.3 is 16.1 Å². The molecule has 0 saturated heterocycles. The van der Waals surface area contributed by atoms with Crippen LogP contribution in [-0.2, 0) is 50.2 Å². The van der Waals surface area contributed by atoms with E-state index in [0.717, 1.165) is 7.05 Å². The summed E-state index contributed by atoms with van der Waals surface area (Å²) in [4.78, 5) is 34.3. The van der Waals surface area contributed by atoms with Crippen LogP contribution in [0.1, 0.15) is 46.6 Å². The number of hydrogen-bond donors (Lipinski definition) is 3. The highest BCUT2D eigenvalue weighted by atomic mass is 32.2. The molecule has 2 aromatic carbocycles. The summed E-state index contributed by atoms with van der Waals surface area (Å²) >= 11 is 0. The zero-order valence-electron chi connectivity index (χ0n) is 33.8. The van der Waals surface area contributed by atoms with E-state index in [-0.39, 0.29) is 23.4 Å². The van der Waals surface area contributed by atoms with Gasteiger partial charge in [-0.15, -0.1) is 0 Å². The number of carbonyl (C=O) groups is 2. The van der Waals surface area contributed by atoms with Crippen molar-refractivity contribution >= 4 is 53.6 Å². The molecule has 2 aliphatic rings. The third kappa shape index (κ3) is 10.7. The smallest absolute Gasteiger partial charge is 0.340 e. The van der Waals surface area contributed by atoms with E-state index >= 15 is 0 Å². The lowest BCUT2D eigenvalue weighted by molar-refractivity contribution is -0.181. The second-order valence-electron chi connectivity index (χ2n) is 14.7. The van der Waals surface area contributed by atoms with Crippen molar-refractivity contribution in [3.05, 3.63) is 119 Å². The number of nitrogens with zero attached hydrogens (tertiary/aromatic N) is 3. The van der Waals surface area contributed by atoms with Crippen LogP contribution in [0.3, 0.4) is 0 Å². The van der Waals surface area contributed by atoms with Crippen molar-refractivity contribution in [3.63, 3.8) is 0 Å². The van der Waals surface area contributed by atoms with Gasteiger partial charge in [-0.3, -0.25) is 28.3 Å². The Morgan fingerprint density at radius 3 is 2.06 bits per heavy atom. The first-order valence-corrected chi connectivity index (χ1v) is 22.5. The van der Waals surface area contributed by atoms with Crippen LogP contribution in [0, 0.1) is 28.7 Å². The number of esters is 1. The lowest BCUT2D eigenvalue weighted by atomic mass is 9.80. The van der Waals surface area contributed by atoms with Crippen LogP contribution >= 0.6 is 0 Å². The van der Waals surface area contributed by atoms with E-state index in [2.05, 4.69) is 16.3 Å². The number of aliphatic imine (C=N–C) groups is 1. The van der Waals surface area contributed by atoms with Gasteiger partial charge in [0.05, 0.1) is 22.1 Å². The summed E-state index contributed by atoms with van der Waals surface area (Å²) in [5.41, 5.74) is 1.46. The van der Waals surface area contributed by atoms with Gasteiger partial charge in [-0.2, -0.15) is 34.0 Å². The monoisotopic (exact) mass is 931 g/mol. The Hall–Kier alpha value is -5.30. The molecular weight excluding hydrogens is 891 g/mol. The fourth-order valence-electron chi connectivity index (χ4n) is 6.54. The van der Waals surface area contributed by atoms with E-state index in [1.165, 1.54) is 37.3 Å². The largest absolute Gasteiger partial charge is 0.418 e. The maximum Gasteiger partial charge on any atom is 0.340 e. The Labute approximate surface area is 355 Å². The molecule has 2 aliphatic heterocycles. The summed E-state index contributed by atoms with van der Waals surface area (Å²) in [6, 6.07) is 4.09. The number of carbonyl (C=O) groups excluding carboxylic acids is 2. The molecule has 1 amide bonds. The van der Waals surface area contributed by atoms with Gasteiger partial charge in [-0.05, 0) is 60.9 Å². The van der Waals surface area contributed by atoms with Gasteiger partial charge in [0.25, 0.3) is 26.1 Å². The topological polar surface area (TPSA) is 235 Å². The van der Waals surface area contributed by atoms with Crippen molar-refractivity contribution in [2.24, 2.45) is 10.4 Å². The average molecular weight is 932 g/mol. The molecule has 62 heavy (non-hydrogen) atoms. The third-order valence-corrected chi connectivity index (χ3v) is 12.3. The van der Waals surface area contributed by atoms with E-state index in [9.17, 15) is 61.5 Å². The Balaban J connectivity index is 1.48. The highest BCUT2D eigenvalue weighted by molar-refractivity contribution is 7.86. The number of fused-ring (bicyclic) bond motifs is 1. The van der Waals surface area contributed by atoms with Gasteiger partial charge in [0.15, 0.2) is 23.1 Å². The Morgan fingerprint density at radius 2 is 1.52 bits per heavy atom. The minimum atomic E-state index is -5.76. The summed E-state index contributed by atoms with van der Waals surface area (Å²) < 4.78 is 158. The zero-order valence-corrected chi connectivity index (χ0v) is 36.3. The molecular formula is C39H41F4N3O13S3. The third-order valence-electron chi connectivity index (χ3n) is 9.73. The lowest BCUT2D eigenvalue weighted by Gasteiger charge is -2.27. The van der Waals surface area contributed by atoms with Crippen molar-refractivity contribution in [1.82, 2.24) is 5.06 Å².